The lowest BCUT2D eigenvalue weighted by Crippen LogP contribution is -2.13. The highest BCUT2D eigenvalue weighted by molar-refractivity contribution is 7.99. The van der Waals surface area contributed by atoms with Gasteiger partial charge in [-0.3, -0.25) is 9.78 Å². The molecule has 7 heteroatoms. The van der Waals surface area contributed by atoms with Gasteiger partial charge in [0, 0.05) is 23.6 Å². The lowest BCUT2D eigenvalue weighted by atomic mass is 10.1. The van der Waals surface area contributed by atoms with E-state index in [1.807, 2.05) is 31.2 Å². The van der Waals surface area contributed by atoms with Crippen LogP contribution >= 0.6 is 11.8 Å². The molecule has 1 amide bonds. The van der Waals surface area contributed by atoms with E-state index in [2.05, 4.69) is 20.5 Å². The van der Waals surface area contributed by atoms with Gasteiger partial charge in [-0.15, -0.1) is 10.2 Å². The molecular formula is C16H14N4O2S. The maximum atomic E-state index is 11.9. The fourth-order valence-corrected chi connectivity index (χ4v) is 2.49. The number of pyridine rings is 1. The third-order valence-corrected chi connectivity index (χ3v) is 3.78. The van der Waals surface area contributed by atoms with Crippen LogP contribution in [0, 0.1) is 6.92 Å². The number of nitrogens with zero attached hydrogens (tertiary/aromatic N) is 3. The molecule has 0 unspecified atom stereocenters. The minimum Gasteiger partial charge on any atom is -0.411 e. The first-order valence-electron chi connectivity index (χ1n) is 6.94. The molecule has 1 N–H and O–H groups in total. The van der Waals surface area contributed by atoms with E-state index in [0.29, 0.717) is 16.8 Å². The van der Waals surface area contributed by atoms with E-state index in [0.717, 1.165) is 11.1 Å². The molecule has 3 aromatic rings. The summed E-state index contributed by atoms with van der Waals surface area (Å²) >= 11 is 1.20. The summed E-state index contributed by atoms with van der Waals surface area (Å²) in [7, 11) is 0. The van der Waals surface area contributed by atoms with Crippen molar-refractivity contribution in [3.63, 3.8) is 0 Å². The Labute approximate surface area is 137 Å². The van der Waals surface area contributed by atoms with Crippen LogP contribution in [0.5, 0.6) is 0 Å². The number of thioether (sulfide) groups is 1. The average molecular weight is 326 g/mol. The fraction of sp³-hybridized carbons (Fsp3) is 0.125. The number of aryl methyl sites for hydroxylation is 1. The Hall–Kier alpha value is -2.67. The van der Waals surface area contributed by atoms with Crippen molar-refractivity contribution in [3.8, 4) is 11.5 Å². The molecule has 1 aromatic carbocycles. The van der Waals surface area contributed by atoms with Crippen molar-refractivity contribution in [1.82, 2.24) is 15.2 Å². The second kappa shape index (κ2) is 7.06. The van der Waals surface area contributed by atoms with E-state index in [4.69, 9.17) is 4.42 Å². The first kappa shape index (κ1) is 15.2. The van der Waals surface area contributed by atoms with Crippen LogP contribution in [0.4, 0.5) is 5.69 Å². The van der Waals surface area contributed by atoms with Gasteiger partial charge in [0.15, 0.2) is 0 Å². The molecule has 116 valence electrons. The highest BCUT2D eigenvalue weighted by Gasteiger charge is 2.11. The standard InChI is InChI=1S/C16H14N4O2S/c1-11-3-2-4-12(9-11)15-19-20-16(22-15)23-10-14(21)18-13-5-7-17-8-6-13/h2-9H,10H2,1H3,(H,17,18,21). The number of amides is 1. The van der Waals surface area contributed by atoms with Gasteiger partial charge in [-0.05, 0) is 31.2 Å². The Balaban J connectivity index is 1.58. The third-order valence-electron chi connectivity index (χ3n) is 2.96. The smallest absolute Gasteiger partial charge is 0.277 e. The van der Waals surface area contributed by atoms with E-state index in [-0.39, 0.29) is 11.7 Å². The van der Waals surface area contributed by atoms with Gasteiger partial charge in [0.25, 0.3) is 5.22 Å². The van der Waals surface area contributed by atoms with Crippen LogP contribution in [0.15, 0.2) is 58.4 Å². The number of hydrogen-bond donors (Lipinski definition) is 1. The van der Waals surface area contributed by atoms with Gasteiger partial charge in [-0.25, -0.2) is 0 Å². The highest BCUT2D eigenvalue weighted by Crippen LogP contribution is 2.23. The number of nitrogens with one attached hydrogen (secondary N) is 1. The quantitative estimate of drug-likeness (QED) is 0.725. The van der Waals surface area contributed by atoms with E-state index in [1.54, 1.807) is 24.5 Å². The first-order valence-corrected chi connectivity index (χ1v) is 7.92. The molecule has 0 aliphatic heterocycles. The predicted molar refractivity (Wildman–Crippen MR) is 88.1 cm³/mol. The van der Waals surface area contributed by atoms with Gasteiger partial charge >= 0.3 is 0 Å². The monoisotopic (exact) mass is 326 g/mol. The largest absolute Gasteiger partial charge is 0.411 e. The van der Waals surface area contributed by atoms with Gasteiger partial charge in [-0.1, -0.05) is 29.5 Å². The first-order chi connectivity index (χ1) is 11.2. The maximum absolute atomic E-state index is 11.9. The number of carbonyl (C=O) groups is 1. The third kappa shape index (κ3) is 4.17. The van der Waals surface area contributed by atoms with Crippen LogP contribution in [-0.2, 0) is 4.79 Å². The van der Waals surface area contributed by atoms with Crippen molar-refractivity contribution in [2.75, 3.05) is 11.1 Å². The van der Waals surface area contributed by atoms with E-state index in [1.165, 1.54) is 11.8 Å². The van der Waals surface area contributed by atoms with E-state index >= 15 is 0 Å². The molecule has 0 saturated heterocycles. The van der Waals surface area contributed by atoms with Gasteiger partial charge < -0.3 is 9.73 Å². The molecular weight excluding hydrogens is 312 g/mol. The number of rotatable bonds is 5. The molecule has 2 aromatic heterocycles. The summed E-state index contributed by atoms with van der Waals surface area (Å²) in [6, 6.07) is 11.3. The van der Waals surface area contributed by atoms with Gasteiger partial charge in [0.1, 0.15) is 0 Å². The van der Waals surface area contributed by atoms with Gasteiger partial charge in [-0.2, -0.15) is 0 Å². The average Bonchev–Trinajstić information content (AvgIpc) is 3.03. The molecule has 0 aliphatic carbocycles. The maximum Gasteiger partial charge on any atom is 0.277 e. The zero-order valence-corrected chi connectivity index (χ0v) is 13.2. The number of anilines is 1. The van der Waals surface area contributed by atoms with Gasteiger partial charge in [0.2, 0.25) is 11.8 Å². The summed E-state index contributed by atoms with van der Waals surface area (Å²) in [5.74, 6) is 0.500. The zero-order chi connectivity index (χ0) is 16.1. The summed E-state index contributed by atoms with van der Waals surface area (Å²) in [6.45, 7) is 2.00. The lowest BCUT2D eigenvalue weighted by molar-refractivity contribution is -0.113. The summed E-state index contributed by atoms with van der Waals surface area (Å²) in [5.41, 5.74) is 2.69. The fourth-order valence-electron chi connectivity index (χ4n) is 1.92. The van der Waals surface area contributed by atoms with Crippen LogP contribution in [-0.4, -0.2) is 26.8 Å². The summed E-state index contributed by atoms with van der Waals surface area (Å²) in [6.07, 6.45) is 3.24. The Kier molecular flexibility index (Phi) is 4.68. The summed E-state index contributed by atoms with van der Waals surface area (Å²) in [5, 5.41) is 11.1. The molecule has 0 radical (unpaired) electrons. The van der Waals surface area contributed by atoms with Crippen LogP contribution in [0.25, 0.3) is 11.5 Å². The topological polar surface area (TPSA) is 80.9 Å². The molecule has 3 rings (SSSR count). The normalized spacial score (nSPS) is 10.5. The molecule has 0 bridgehead atoms. The highest BCUT2D eigenvalue weighted by atomic mass is 32.2. The second-order valence-corrected chi connectivity index (χ2v) is 5.74. The van der Waals surface area contributed by atoms with Crippen LogP contribution < -0.4 is 5.32 Å². The van der Waals surface area contributed by atoms with Crippen LogP contribution in [0.2, 0.25) is 0 Å². The Morgan fingerprint density at radius 3 is 2.83 bits per heavy atom. The van der Waals surface area contributed by atoms with Crippen molar-refractivity contribution in [2.45, 2.75) is 12.1 Å². The summed E-state index contributed by atoms with van der Waals surface area (Å²) < 4.78 is 5.58. The van der Waals surface area contributed by atoms with Crippen molar-refractivity contribution in [1.29, 1.82) is 0 Å². The summed E-state index contributed by atoms with van der Waals surface area (Å²) in [4.78, 5) is 15.8. The van der Waals surface area contributed by atoms with Crippen LogP contribution in [0.1, 0.15) is 5.56 Å². The van der Waals surface area contributed by atoms with Crippen molar-refractivity contribution in [3.05, 3.63) is 54.4 Å². The Morgan fingerprint density at radius 2 is 2.04 bits per heavy atom. The molecule has 0 aliphatic rings. The molecule has 0 saturated carbocycles. The van der Waals surface area contributed by atoms with Gasteiger partial charge in [0.05, 0.1) is 5.75 Å². The minimum atomic E-state index is -0.142. The predicted octanol–water partition coefficient (Wildman–Crippen LogP) is 3.17. The van der Waals surface area contributed by atoms with Crippen LogP contribution in [0.3, 0.4) is 0 Å². The molecule has 0 spiro atoms. The lowest BCUT2D eigenvalue weighted by Gasteiger charge is -2.02. The molecule has 6 nitrogen and oxygen atoms in total. The number of aromatic nitrogens is 3. The van der Waals surface area contributed by atoms with Crippen molar-refractivity contribution < 1.29 is 9.21 Å². The minimum absolute atomic E-state index is 0.142. The molecule has 23 heavy (non-hydrogen) atoms. The Morgan fingerprint density at radius 1 is 1.22 bits per heavy atom. The second-order valence-electron chi connectivity index (χ2n) is 4.82. The number of carbonyl (C=O) groups excluding carboxylic acids is 1. The van der Waals surface area contributed by atoms with Crippen molar-refractivity contribution in [2.24, 2.45) is 0 Å². The van der Waals surface area contributed by atoms with E-state index in [9.17, 15) is 4.79 Å². The number of hydrogen-bond acceptors (Lipinski definition) is 6. The van der Waals surface area contributed by atoms with E-state index < -0.39 is 0 Å². The molecule has 0 atom stereocenters. The molecule has 0 fully saturated rings. The number of benzene rings is 1. The SMILES string of the molecule is Cc1cccc(-c2nnc(SCC(=O)Nc3ccncc3)o2)c1. The zero-order valence-electron chi connectivity index (χ0n) is 12.4. The molecule has 2 heterocycles. The Bertz CT molecular complexity index is 805. The van der Waals surface area contributed by atoms with Crippen molar-refractivity contribution >= 4 is 23.4 Å².